The van der Waals surface area contributed by atoms with Crippen LogP contribution in [0.5, 0.6) is 11.5 Å². The Hall–Kier alpha value is -1.78. The predicted octanol–water partition coefficient (Wildman–Crippen LogP) is 1.04. The molecule has 0 saturated heterocycles. The zero-order chi connectivity index (χ0) is 12.2. The van der Waals surface area contributed by atoms with Gasteiger partial charge in [0.1, 0.15) is 22.0 Å². The molecule has 0 fully saturated rings. The molecule has 0 amide bonds. The Kier molecular flexibility index (Phi) is 8.67. The summed E-state index contributed by atoms with van der Waals surface area (Å²) in [5.74, 6) is 0.644. The van der Waals surface area contributed by atoms with Gasteiger partial charge in [-0.05, 0) is 24.3 Å². The Balaban J connectivity index is 0.000000244. The van der Waals surface area contributed by atoms with Gasteiger partial charge in [0.25, 0.3) is 0 Å². The van der Waals surface area contributed by atoms with Crippen LogP contribution in [-0.2, 0) is 0 Å². The summed E-state index contributed by atoms with van der Waals surface area (Å²) in [6, 6.07) is 17.4. The molecule has 0 radical (unpaired) electrons. The number of phenolic OH excluding ortho intramolecular Hbond substituents is 2. The van der Waals surface area contributed by atoms with Crippen LogP contribution < -0.4 is 0 Å². The molecule has 4 heteroatoms. The van der Waals surface area contributed by atoms with E-state index in [9.17, 15) is 0 Å². The molecule has 0 atom stereocenters. The van der Waals surface area contributed by atoms with Gasteiger partial charge in [-0.1, -0.05) is 36.4 Å². The zero-order valence-electron chi connectivity index (χ0n) is 9.12. The van der Waals surface area contributed by atoms with Gasteiger partial charge in [0, 0.05) is 0 Å². The lowest BCUT2D eigenvalue weighted by molar-refractivity contribution is 0.475. The quantitative estimate of drug-likeness (QED) is 0.599. The lowest BCUT2D eigenvalue weighted by Crippen LogP contribution is -1.56. The van der Waals surface area contributed by atoms with E-state index in [0.29, 0.717) is 22.0 Å². The second kappa shape index (κ2) is 9.76. The third-order valence-electron chi connectivity index (χ3n) is 1.51. The van der Waals surface area contributed by atoms with Crippen molar-refractivity contribution in [2.45, 2.75) is 0 Å². The summed E-state index contributed by atoms with van der Waals surface area (Å²) in [4.78, 5) is 7.14. The van der Waals surface area contributed by atoms with E-state index in [0.717, 1.165) is 0 Å². The third-order valence-corrected chi connectivity index (χ3v) is 1.51. The van der Waals surface area contributed by atoms with E-state index in [4.69, 9.17) is 15.0 Å². The van der Waals surface area contributed by atoms with Crippen LogP contribution in [0, 0.1) is 0 Å². The molecule has 0 heterocycles. The van der Waals surface area contributed by atoms with Crippen LogP contribution in [0.3, 0.4) is 0 Å². The first kappa shape index (κ1) is 14.2. The average molecular weight is 236 g/mol. The number of rotatable bonds is 0. The largest absolute Gasteiger partial charge is 0.508 e. The van der Waals surface area contributed by atoms with Crippen molar-refractivity contribution in [3.63, 3.8) is 0 Å². The molecule has 0 spiro atoms. The van der Waals surface area contributed by atoms with Gasteiger partial charge < -0.3 is 15.0 Å². The van der Waals surface area contributed by atoms with Crippen molar-refractivity contribution in [2.24, 2.45) is 0 Å². The molecule has 0 unspecified atom stereocenters. The summed E-state index contributed by atoms with van der Waals surface area (Å²) in [5, 5.41) is 17.3. The summed E-state index contributed by atoms with van der Waals surface area (Å²) in [7, 11) is 0.306. The summed E-state index contributed by atoms with van der Waals surface area (Å²) in [5.41, 5.74) is 0. The van der Waals surface area contributed by atoms with Crippen LogP contribution in [0.1, 0.15) is 0 Å². The van der Waals surface area contributed by atoms with Crippen molar-refractivity contribution in [1.29, 1.82) is 0 Å². The Bertz CT molecular complexity index is 314. The summed E-state index contributed by atoms with van der Waals surface area (Å²) in [6.07, 6.45) is 0. The average Bonchev–Trinajstić information content (AvgIpc) is 2.34. The smallest absolute Gasteiger partial charge is 0.141 e. The van der Waals surface area contributed by atoms with Crippen LogP contribution in [0.25, 0.3) is 0 Å². The summed E-state index contributed by atoms with van der Waals surface area (Å²) < 4.78 is 0. The topological polar surface area (TPSA) is 60.7 Å². The van der Waals surface area contributed by atoms with Gasteiger partial charge >= 0.3 is 0 Å². The molecule has 0 aromatic heterocycles. The van der Waals surface area contributed by atoms with E-state index in [2.05, 4.69) is 0 Å². The van der Waals surface area contributed by atoms with E-state index in [1.807, 2.05) is 12.1 Å². The summed E-state index contributed by atoms with van der Waals surface area (Å²) in [6.45, 7) is 0. The van der Waals surface area contributed by atoms with Crippen molar-refractivity contribution >= 4 is 10.5 Å². The van der Waals surface area contributed by atoms with E-state index in [1.54, 1.807) is 48.5 Å². The first-order chi connectivity index (χ1) is 7.79. The monoisotopic (exact) mass is 236 g/mol. The lowest BCUT2D eigenvalue weighted by atomic mass is 10.3. The fourth-order valence-corrected chi connectivity index (χ4v) is 0.856. The van der Waals surface area contributed by atoms with Crippen LogP contribution in [-0.4, -0.2) is 25.5 Å². The molecule has 0 bridgehead atoms. The van der Waals surface area contributed by atoms with Crippen LogP contribution >= 0.6 is 0 Å². The first-order valence-electron chi connectivity index (χ1n) is 4.72. The van der Waals surface area contributed by atoms with Crippen LogP contribution in [0.15, 0.2) is 60.7 Å². The van der Waals surface area contributed by atoms with E-state index in [1.165, 1.54) is 0 Å². The third kappa shape index (κ3) is 7.60. The molecule has 16 heavy (non-hydrogen) atoms. The molecule has 2 rings (SSSR count). The fraction of sp³-hybridized carbons (Fsp3) is 0. The highest BCUT2D eigenvalue weighted by atomic mass is 28.2. The maximum absolute atomic E-state index is 8.63. The van der Waals surface area contributed by atoms with Gasteiger partial charge in [0.05, 0.1) is 0 Å². The molecule has 2 aromatic carbocycles. The van der Waals surface area contributed by atoms with E-state index in [-0.39, 0.29) is 0 Å². The van der Waals surface area contributed by atoms with Gasteiger partial charge in [-0.3, -0.25) is 0 Å². The highest BCUT2D eigenvalue weighted by Gasteiger charge is 1.75. The second-order valence-electron chi connectivity index (χ2n) is 2.67. The Labute approximate surface area is 98.2 Å². The number of phenols is 2. The second-order valence-corrected chi connectivity index (χ2v) is 2.67. The molecule has 86 valence electrons. The van der Waals surface area contributed by atoms with Crippen molar-refractivity contribution in [1.82, 2.24) is 0 Å². The highest BCUT2D eigenvalue weighted by Crippen LogP contribution is 2.03. The van der Waals surface area contributed by atoms with Crippen molar-refractivity contribution < 1.29 is 15.0 Å². The van der Waals surface area contributed by atoms with E-state index >= 15 is 0 Å². The van der Waals surface area contributed by atoms with Gasteiger partial charge in [0.2, 0.25) is 0 Å². The molecule has 0 aliphatic rings. The number of hydrogen-bond acceptors (Lipinski definition) is 3. The molecule has 0 aliphatic heterocycles. The number of aromatic hydroxyl groups is 2. The van der Waals surface area contributed by atoms with Crippen molar-refractivity contribution in [2.75, 3.05) is 0 Å². The van der Waals surface area contributed by atoms with Gasteiger partial charge in [-0.15, -0.1) is 0 Å². The van der Waals surface area contributed by atoms with Crippen LogP contribution in [0.4, 0.5) is 0 Å². The first-order valence-corrected chi connectivity index (χ1v) is 5.61. The SMILES string of the molecule is O[SiH3].Oc1ccccc1.Oc1ccccc1. The minimum Gasteiger partial charge on any atom is -0.508 e. The molecule has 0 saturated carbocycles. The van der Waals surface area contributed by atoms with Crippen molar-refractivity contribution in [3.05, 3.63) is 60.7 Å². The van der Waals surface area contributed by atoms with E-state index < -0.39 is 0 Å². The predicted molar refractivity (Wildman–Crippen MR) is 68.4 cm³/mol. The summed E-state index contributed by atoms with van der Waals surface area (Å²) >= 11 is 0. The highest BCUT2D eigenvalue weighted by molar-refractivity contribution is 5.95. The van der Waals surface area contributed by atoms with Crippen molar-refractivity contribution in [3.8, 4) is 11.5 Å². The standard InChI is InChI=1S/2C6H6O.H4OSi/c2*7-6-4-2-1-3-5-6;1-2/h2*1-5,7H;1H,2H3. The van der Waals surface area contributed by atoms with Gasteiger partial charge in [-0.25, -0.2) is 0 Å². The Morgan fingerprint density at radius 3 is 0.938 bits per heavy atom. The molecule has 0 aliphatic carbocycles. The number of hydrogen-bond donors (Lipinski definition) is 3. The maximum atomic E-state index is 8.63. The molecule has 2 aromatic rings. The molecule has 3 nitrogen and oxygen atoms in total. The van der Waals surface area contributed by atoms with Gasteiger partial charge in [-0.2, -0.15) is 0 Å². The molecule has 3 N–H and O–H groups in total. The lowest BCUT2D eigenvalue weighted by Gasteiger charge is -1.82. The Morgan fingerprint density at radius 2 is 0.812 bits per heavy atom. The minimum absolute atomic E-state index is 0.306. The molecular formula is C12H16O3Si. The normalized spacial score (nSPS) is 8.06. The van der Waals surface area contributed by atoms with Crippen LogP contribution in [0.2, 0.25) is 0 Å². The zero-order valence-corrected chi connectivity index (χ0v) is 11.1. The Morgan fingerprint density at radius 1 is 0.562 bits per heavy atom. The minimum atomic E-state index is 0.306. The molecular weight excluding hydrogens is 220 g/mol. The number of para-hydroxylation sites is 2. The van der Waals surface area contributed by atoms with Gasteiger partial charge in [0.15, 0.2) is 0 Å². The maximum Gasteiger partial charge on any atom is 0.141 e. The fourth-order valence-electron chi connectivity index (χ4n) is 0.856. The number of benzene rings is 2.